The van der Waals surface area contributed by atoms with E-state index in [-0.39, 0.29) is 23.7 Å². The van der Waals surface area contributed by atoms with Crippen molar-refractivity contribution in [2.24, 2.45) is 5.92 Å². The Hall–Kier alpha value is -2.11. The van der Waals surface area contributed by atoms with E-state index in [1.54, 1.807) is 0 Å². The molecule has 0 aliphatic carbocycles. The number of ether oxygens (including phenoxy) is 1. The van der Waals surface area contributed by atoms with E-state index in [1.165, 1.54) is 29.2 Å². The van der Waals surface area contributed by atoms with Crippen LogP contribution in [0.25, 0.3) is 0 Å². The van der Waals surface area contributed by atoms with E-state index in [4.69, 9.17) is 4.74 Å². The van der Waals surface area contributed by atoms with Crippen LogP contribution in [-0.4, -0.2) is 36.0 Å². The smallest absolute Gasteiger partial charge is 0.324 e. The molecule has 114 valence electrons. The van der Waals surface area contributed by atoms with E-state index in [1.807, 2.05) is 13.8 Å². The van der Waals surface area contributed by atoms with E-state index in [9.17, 15) is 14.0 Å². The van der Waals surface area contributed by atoms with Crippen molar-refractivity contribution in [1.29, 1.82) is 0 Å². The Morgan fingerprint density at radius 3 is 2.52 bits per heavy atom. The largest absolute Gasteiger partial charge is 0.494 e. The standard InChI is InChI=1S/C15H19FN2O3/c1-10(2)13-14(19)18(15(20)17-13)8-3-9-21-12-6-4-11(16)5-7-12/h4-7,10,13H,3,8-9H2,1-2H3,(H,17,20)/t13-/m1/s1. The maximum atomic E-state index is 12.7. The van der Waals surface area contributed by atoms with Gasteiger partial charge in [0.1, 0.15) is 17.6 Å². The van der Waals surface area contributed by atoms with E-state index in [2.05, 4.69) is 5.32 Å². The Labute approximate surface area is 123 Å². The van der Waals surface area contributed by atoms with Crippen LogP contribution in [0.15, 0.2) is 24.3 Å². The second kappa shape index (κ2) is 6.56. The molecule has 1 N–H and O–H groups in total. The number of imide groups is 1. The normalized spacial score (nSPS) is 18.3. The van der Waals surface area contributed by atoms with Gasteiger partial charge in [-0.3, -0.25) is 9.69 Å². The molecule has 0 bridgehead atoms. The number of carbonyl (C=O) groups excluding carboxylic acids is 2. The highest BCUT2D eigenvalue weighted by atomic mass is 19.1. The van der Waals surface area contributed by atoms with Gasteiger partial charge in [-0.2, -0.15) is 0 Å². The quantitative estimate of drug-likeness (QED) is 0.646. The van der Waals surface area contributed by atoms with Gasteiger partial charge in [-0.15, -0.1) is 0 Å². The van der Waals surface area contributed by atoms with Gasteiger partial charge in [0.25, 0.3) is 5.91 Å². The monoisotopic (exact) mass is 294 g/mol. The molecule has 1 saturated heterocycles. The van der Waals surface area contributed by atoms with Crippen molar-refractivity contribution in [2.45, 2.75) is 26.3 Å². The Balaban J connectivity index is 1.77. The van der Waals surface area contributed by atoms with Gasteiger partial charge in [0.05, 0.1) is 6.61 Å². The van der Waals surface area contributed by atoms with E-state index in [0.717, 1.165) is 0 Å². The van der Waals surface area contributed by atoms with Crippen LogP contribution in [0.5, 0.6) is 5.75 Å². The summed E-state index contributed by atoms with van der Waals surface area (Å²) in [6.07, 6.45) is 0.529. The summed E-state index contributed by atoms with van der Waals surface area (Å²) in [7, 11) is 0. The first kappa shape index (κ1) is 15.3. The van der Waals surface area contributed by atoms with Crippen LogP contribution in [-0.2, 0) is 4.79 Å². The number of hydrogen-bond acceptors (Lipinski definition) is 3. The molecule has 0 radical (unpaired) electrons. The first-order valence-corrected chi connectivity index (χ1v) is 6.99. The zero-order chi connectivity index (χ0) is 15.4. The van der Waals surface area contributed by atoms with Crippen molar-refractivity contribution in [3.05, 3.63) is 30.1 Å². The zero-order valence-corrected chi connectivity index (χ0v) is 12.1. The topological polar surface area (TPSA) is 58.6 Å². The lowest BCUT2D eigenvalue weighted by atomic mass is 10.1. The molecule has 0 unspecified atom stereocenters. The van der Waals surface area contributed by atoms with Crippen LogP contribution in [0.2, 0.25) is 0 Å². The van der Waals surface area contributed by atoms with Crippen LogP contribution >= 0.6 is 0 Å². The van der Waals surface area contributed by atoms with Gasteiger partial charge in [-0.25, -0.2) is 9.18 Å². The molecule has 21 heavy (non-hydrogen) atoms. The molecule has 6 heteroatoms. The van der Waals surface area contributed by atoms with Crippen LogP contribution in [0, 0.1) is 11.7 Å². The van der Waals surface area contributed by atoms with Crippen molar-refractivity contribution < 1.29 is 18.7 Å². The summed E-state index contributed by atoms with van der Waals surface area (Å²) >= 11 is 0. The first-order valence-electron chi connectivity index (χ1n) is 6.99. The summed E-state index contributed by atoms with van der Waals surface area (Å²) in [5.41, 5.74) is 0. The van der Waals surface area contributed by atoms with Crippen molar-refractivity contribution in [1.82, 2.24) is 10.2 Å². The van der Waals surface area contributed by atoms with Crippen LogP contribution in [0.1, 0.15) is 20.3 Å². The number of nitrogens with zero attached hydrogens (tertiary/aromatic N) is 1. The Morgan fingerprint density at radius 1 is 1.29 bits per heavy atom. The molecule has 1 fully saturated rings. The highest BCUT2D eigenvalue weighted by Gasteiger charge is 2.38. The van der Waals surface area contributed by atoms with E-state index >= 15 is 0 Å². The minimum Gasteiger partial charge on any atom is -0.494 e. The van der Waals surface area contributed by atoms with Crippen LogP contribution in [0.3, 0.4) is 0 Å². The van der Waals surface area contributed by atoms with Crippen LogP contribution < -0.4 is 10.1 Å². The van der Waals surface area contributed by atoms with Crippen molar-refractivity contribution in [3.63, 3.8) is 0 Å². The highest BCUT2D eigenvalue weighted by molar-refractivity contribution is 6.04. The maximum absolute atomic E-state index is 12.7. The fraction of sp³-hybridized carbons (Fsp3) is 0.467. The molecule has 1 aromatic rings. The number of hydrogen-bond donors (Lipinski definition) is 1. The molecular formula is C15H19FN2O3. The van der Waals surface area contributed by atoms with Gasteiger partial charge in [-0.05, 0) is 36.6 Å². The van der Waals surface area contributed by atoms with Gasteiger partial charge in [0.2, 0.25) is 0 Å². The molecule has 1 aliphatic heterocycles. The van der Waals surface area contributed by atoms with Crippen molar-refractivity contribution >= 4 is 11.9 Å². The van der Waals surface area contributed by atoms with E-state index in [0.29, 0.717) is 25.3 Å². The lowest BCUT2D eigenvalue weighted by Crippen LogP contribution is -2.35. The molecule has 1 heterocycles. The Morgan fingerprint density at radius 2 is 1.95 bits per heavy atom. The predicted octanol–water partition coefficient (Wildman–Crippen LogP) is 2.17. The number of benzene rings is 1. The summed E-state index contributed by atoms with van der Waals surface area (Å²) in [6, 6.07) is 4.94. The van der Waals surface area contributed by atoms with Gasteiger partial charge in [0.15, 0.2) is 0 Å². The fourth-order valence-electron chi connectivity index (χ4n) is 2.15. The molecule has 1 aliphatic rings. The average Bonchev–Trinajstić information content (AvgIpc) is 2.73. The van der Waals surface area contributed by atoms with Gasteiger partial charge >= 0.3 is 6.03 Å². The van der Waals surface area contributed by atoms with Gasteiger partial charge < -0.3 is 10.1 Å². The van der Waals surface area contributed by atoms with Crippen LogP contribution in [0.4, 0.5) is 9.18 Å². The minimum absolute atomic E-state index is 0.0712. The van der Waals surface area contributed by atoms with Gasteiger partial charge in [-0.1, -0.05) is 13.8 Å². The molecule has 2 rings (SSSR count). The fourth-order valence-corrected chi connectivity index (χ4v) is 2.15. The minimum atomic E-state index is -0.435. The molecule has 5 nitrogen and oxygen atoms in total. The van der Waals surface area contributed by atoms with E-state index < -0.39 is 6.04 Å². The lowest BCUT2D eigenvalue weighted by molar-refractivity contribution is -0.128. The number of urea groups is 1. The molecule has 0 spiro atoms. The Bertz CT molecular complexity index is 516. The number of rotatable bonds is 6. The molecule has 1 aromatic carbocycles. The number of amides is 3. The third-order valence-corrected chi connectivity index (χ3v) is 3.33. The van der Waals surface area contributed by atoms with Crippen molar-refractivity contribution in [3.8, 4) is 5.75 Å². The average molecular weight is 294 g/mol. The predicted molar refractivity (Wildman–Crippen MR) is 75.4 cm³/mol. The molecule has 0 aromatic heterocycles. The molecule has 0 saturated carbocycles. The lowest BCUT2D eigenvalue weighted by Gasteiger charge is -2.14. The highest BCUT2D eigenvalue weighted by Crippen LogP contribution is 2.15. The molecule has 1 atom stereocenters. The van der Waals surface area contributed by atoms with Gasteiger partial charge in [0, 0.05) is 6.54 Å². The maximum Gasteiger partial charge on any atom is 0.324 e. The Kier molecular flexibility index (Phi) is 4.77. The zero-order valence-electron chi connectivity index (χ0n) is 12.1. The summed E-state index contributed by atoms with van der Waals surface area (Å²) in [6.45, 7) is 4.46. The number of carbonyl (C=O) groups is 2. The number of halogens is 1. The third kappa shape index (κ3) is 3.71. The number of nitrogens with one attached hydrogen (secondary N) is 1. The molecule has 3 amide bonds. The summed E-state index contributed by atoms with van der Waals surface area (Å²) in [5.74, 6) is 0.133. The SMILES string of the molecule is CC(C)[C@H]1NC(=O)N(CCCOc2ccc(F)cc2)C1=O. The second-order valence-electron chi connectivity index (χ2n) is 5.32. The molecular weight excluding hydrogens is 275 g/mol. The van der Waals surface area contributed by atoms with Crippen molar-refractivity contribution in [2.75, 3.05) is 13.2 Å². The summed E-state index contributed by atoms with van der Waals surface area (Å²) in [4.78, 5) is 25.0. The third-order valence-electron chi connectivity index (χ3n) is 3.33. The second-order valence-corrected chi connectivity index (χ2v) is 5.32. The summed E-state index contributed by atoms with van der Waals surface area (Å²) < 4.78 is 18.2. The summed E-state index contributed by atoms with van der Waals surface area (Å²) in [5, 5.41) is 2.67. The first-order chi connectivity index (χ1) is 9.99.